The maximum Gasteiger partial charge on any atom is 0.246 e. The number of carbonyl (C=O) groups excluding carboxylic acids is 3. The minimum Gasteiger partial charge on any atom is -0.376 e. The molecule has 0 spiro atoms. The maximum absolute atomic E-state index is 13.9. The molecular formula is C32H35FN4O4. The van der Waals surface area contributed by atoms with Gasteiger partial charge in [0.05, 0.1) is 12.1 Å². The topological polar surface area (TPSA) is 111 Å². The summed E-state index contributed by atoms with van der Waals surface area (Å²) >= 11 is 0. The van der Waals surface area contributed by atoms with Crippen LogP contribution in [0.2, 0.25) is 0 Å². The number of aliphatic hydroxyl groups excluding tert-OH is 1. The lowest BCUT2D eigenvalue weighted by molar-refractivity contribution is -0.143. The average molecular weight is 559 g/mol. The number of nitrogens with zero attached hydrogens (tertiary/aromatic N) is 1. The largest absolute Gasteiger partial charge is 0.376 e. The predicted molar refractivity (Wildman–Crippen MR) is 152 cm³/mol. The molecular weight excluding hydrogens is 523 g/mol. The lowest BCUT2D eigenvalue weighted by Crippen LogP contribution is -2.63. The summed E-state index contributed by atoms with van der Waals surface area (Å²) in [5.74, 6) is -1.49. The molecule has 5 rings (SSSR count). The molecule has 3 amide bonds. The van der Waals surface area contributed by atoms with Gasteiger partial charge in [0, 0.05) is 13.0 Å². The molecule has 0 aromatic heterocycles. The highest BCUT2D eigenvalue weighted by Crippen LogP contribution is 2.21. The summed E-state index contributed by atoms with van der Waals surface area (Å²) in [6, 6.07) is 21.3. The average Bonchev–Trinajstić information content (AvgIpc) is 3.48. The molecule has 4 N–H and O–H groups in total. The van der Waals surface area contributed by atoms with Crippen LogP contribution in [0.4, 0.5) is 4.39 Å². The van der Waals surface area contributed by atoms with Gasteiger partial charge in [0.2, 0.25) is 17.7 Å². The molecule has 3 aromatic carbocycles. The number of hydrogen-bond donors (Lipinski definition) is 4. The molecule has 2 aliphatic rings. The zero-order valence-corrected chi connectivity index (χ0v) is 22.7. The third-order valence-electron chi connectivity index (χ3n) is 7.78. The second-order valence-electron chi connectivity index (χ2n) is 10.7. The van der Waals surface area contributed by atoms with E-state index in [-0.39, 0.29) is 36.9 Å². The highest BCUT2D eigenvalue weighted by atomic mass is 19.1. The van der Waals surface area contributed by atoms with Crippen LogP contribution in [0, 0.1) is 5.82 Å². The van der Waals surface area contributed by atoms with E-state index in [0.29, 0.717) is 24.9 Å². The molecule has 214 valence electrons. The van der Waals surface area contributed by atoms with Gasteiger partial charge in [-0.2, -0.15) is 0 Å². The van der Waals surface area contributed by atoms with E-state index in [9.17, 15) is 23.9 Å². The Labute approximate surface area is 238 Å². The molecule has 2 fully saturated rings. The van der Waals surface area contributed by atoms with Crippen molar-refractivity contribution in [2.24, 2.45) is 0 Å². The zero-order valence-electron chi connectivity index (χ0n) is 22.7. The quantitative estimate of drug-likeness (QED) is 0.371. The Morgan fingerprint density at radius 2 is 1.32 bits per heavy atom. The molecule has 2 heterocycles. The van der Waals surface area contributed by atoms with E-state index in [1.165, 1.54) is 12.1 Å². The lowest BCUT2D eigenvalue weighted by atomic mass is 9.99. The Morgan fingerprint density at radius 1 is 0.732 bits per heavy atom. The summed E-state index contributed by atoms with van der Waals surface area (Å²) in [5, 5.41) is 20.3. The number of hydrogen-bond acceptors (Lipinski definition) is 5. The molecule has 0 bridgehead atoms. The second kappa shape index (κ2) is 13.1. The Balaban J connectivity index is 1.48. The summed E-state index contributed by atoms with van der Waals surface area (Å²) in [6.07, 6.45) is 0.532. The highest BCUT2D eigenvalue weighted by molar-refractivity contribution is 5.94. The SMILES string of the molecule is O=C1N[C@@H](Cc2ccc(F)cc2)C(O)N[C@H](Cc2ccccc2)C(=O)N[C@@H](Cc2ccccc2)C(=O)N2CCC[C@H]12. The van der Waals surface area contributed by atoms with Crippen molar-refractivity contribution in [2.75, 3.05) is 6.54 Å². The minimum atomic E-state index is -1.30. The van der Waals surface area contributed by atoms with Crippen LogP contribution in [-0.2, 0) is 33.6 Å². The van der Waals surface area contributed by atoms with E-state index < -0.39 is 36.3 Å². The van der Waals surface area contributed by atoms with Gasteiger partial charge in [-0.25, -0.2) is 4.39 Å². The molecule has 0 radical (unpaired) electrons. The van der Waals surface area contributed by atoms with Crippen LogP contribution in [0.3, 0.4) is 0 Å². The van der Waals surface area contributed by atoms with Crippen molar-refractivity contribution in [2.45, 2.75) is 62.5 Å². The van der Waals surface area contributed by atoms with Crippen LogP contribution in [0.15, 0.2) is 84.9 Å². The van der Waals surface area contributed by atoms with Crippen LogP contribution in [0.25, 0.3) is 0 Å². The Bertz CT molecular complexity index is 1340. The molecule has 5 atom stereocenters. The highest BCUT2D eigenvalue weighted by Gasteiger charge is 2.40. The third-order valence-corrected chi connectivity index (χ3v) is 7.78. The first kappa shape index (κ1) is 28.4. The second-order valence-corrected chi connectivity index (χ2v) is 10.7. The van der Waals surface area contributed by atoms with Crippen molar-refractivity contribution >= 4 is 17.7 Å². The zero-order chi connectivity index (χ0) is 28.8. The Morgan fingerprint density at radius 3 is 1.95 bits per heavy atom. The van der Waals surface area contributed by atoms with Gasteiger partial charge in [0.1, 0.15) is 24.1 Å². The Kier molecular flexibility index (Phi) is 9.06. The summed E-state index contributed by atoms with van der Waals surface area (Å²) in [4.78, 5) is 42.8. The number of amides is 3. The summed E-state index contributed by atoms with van der Waals surface area (Å²) in [5.41, 5.74) is 2.45. The first-order valence-electron chi connectivity index (χ1n) is 14.0. The molecule has 3 aromatic rings. The van der Waals surface area contributed by atoms with E-state index in [2.05, 4.69) is 16.0 Å². The van der Waals surface area contributed by atoms with Crippen molar-refractivity contribution in [1.29, 1.82) is 0 Å². The number of carbonyl (C=O) groups is 3. The van der Waals surface area contributed by atoms with Gasteiger partial charge in [0.15, 0.2) is 0 Å². The molecule has 0 aliphatic carbocycles. The summed E-state index contributed by atoms with van der Waals surface area (Å²) < 4.78 is 13.5. The number of nitrogens with one attached hydrogen (secondary N) is 3. The fourth-order valence-electron chi connectivity index (χ4n) is 5.62. The lowest BCUT2D eigenvalue weighted by Gasteiger charge is -2.34. The van der Waals surface area contributed by atoms with Gasteiger partial charge in [-0.1, -0.05) is 72.8 Å². The van der Waals surface area contributed by atoms with Gasteiger partial charge < -0.3 is 20.6 Å². The number of fused-ring (bicyclic) bond motifs is 1. The molecule has 2 saturated heterocycles. The van der Waals surface area contributed by atoms with Crippen molar-refractivity contribution < 1.29 is 23.9 Å². The van der Waals surface area contributed by atoms with Gasteiger partial charge in [-0.3, -0.25) is 19.7 Å². The molecule has 9 heteroatoms. The van der Waals surface area contributed by atoms with Gasteiger partial charge in [0.25, 0.3) is 0 Å². The number of aliphatic hydroxyl groups is 1. The van der Waals surface area contributed by atoms with E-state index in [0.717, 1.165) is 11.1 Å². The summed E-state index contributed by atoms with van der Waals surface area (Å²) in [7, 11) is 0. The fraction of sp³-hybridized carbons (Fsp3) is 0.344. The monoisotopic (exact) mass is 558 g/mol. The van der Waals surface area contributed by atoms with Crippen LogP contribution in [0.1, 0.15) is 29.5 Å². The predicted octanol–water partition coefficient (Wildman–Crippen LogP) is 2.10. The van der Waals surface area contributed by atoms with Gasteiger partial charge in [-0.15, -0.1) is 0 Å². The molecule has 2 aliphatic heterocycles. The van der Waals surface area contributed by atoms with Crippen LogP contribution >= 0.6 is 0 Å². The normalized spacial score (nSPS) is 25.5. The van der Waals surface area contributed by atoms with Gasteiger partial charge in [-0.05, 0) is 54.5 Å². The third kappa shape index (κ3) is 7.17. The Hall–Kier alpha value is -4.08. The standard InChI is InChI=1S/C32H35FN4O4/c33-24-15-13-23(14-16-24)19-26-29(38)34-25(18-21-8-3-1-4-9-21)30(39)36-27(20-22-10-5-2-6-11-22)32(41)37-17-7-12-28(37)31(40)35-26/h1-6,8-11,13-16,25-29,34,38H,7,12,17-20H2,(H,35,40)(H,36,39)/t25-,26+,27+,28-,29?/m1/s1. The maximum atomic E-state index is 13.9. The van der Waals surface area contributed by atoms with Crippen LogP contribution in [-0.4, -0.2) is 64.7 Å². The summed E-state index contributed by atoms with van der Waals surface area (Å²) in [6.45, 7) is 0.398. The van der Waals surface area contributed by atoms with Crippen LogP contribution < -0.4 is 16.0 Å². The number of benzene rings is 3. The van der Waals surface area contributed by atoms with Crippen molar-refractivity contribution in [3.05, 3.63) is 107 Å². The van der Waals surface area contributed by atoms with Crippen molar-refractivity contribution in [3.63, 3.8) is 0 Å². The van der Waals surface area contributed by atoms with E-state index >= 15 is 0 Å². The van der Waals surface area contributed by atoms with E-state index in [1.54, 1.807) is 17.0 Å². The van der Waals surface area contributed by atoms with Crippen molar-refractivity contribution in [1.82, 2.24) is 20.9 Å². The van der Waals surface area contributed by atoms with E-state index in [1.807, 2.05) is 60.7 Å². The van der Waals surface area contributed by atoms with Crippen molar-refractivity contribution in [3.8, 4) is 0 Å². The first-order chi connectivity index (χ1) is 19.9. The molecule has 41 heavy (non-hydrogen) atoms. The van der Waals surface area contributed by atoms with Crippen LogP contribution in [0.5, 0.6) is 0 Å². The first-order valence-corrected chi connectivity index (χ1v) is 14.0. The molecule has 1 unspecified atom stereocenters. The fourth-order valence-corrected chi connectivity index (χ4v) is 5.62. The number of halogens is 1. The minimum absolute atomic E-state index is 0.192. The smallest absolute Gasteiger partial charge is 0.246 e. The number of rotatable bonds is 6. The molecule has 8 nitrogen and oxygen atoms in total. The van der Waals surface area contributed by atoms with E-state index in [4.69, 9.17) is 0 Å². The molecule has 0 saturated carbocycles. The van der Waals surface area contributed by atoms with Gasteiger partial charge >= 0.3 is 0 Å².